The minimum atomic E-state index is -3.26. The molecule has 1 aliphatic heterocycles. The van der Waals surface area contributed by atoms with Crippen LogP contribution in [0.2, 0.25) is 0 Å². The lowest BCUT2D eigenvalue weighted by atomic mass is 9.93. The largest absolute Gasteiger partial charge is 0.396 e. The van der Waals surface area contributed by atoms with Crippen LogP contribution in [0.25, 0.3) is 10.9 Å². The van der Waals surface area contributed by atoms with Crippen LogP contribution in [-0.4, -0.2) is 45.6 Å². The molecule has 0 amide bonds. The molecule has 1 saturated carbocycles. The first-order valence-corrected chi connectivity index (χ1v) is 9.58. The van der Waals surface area contributed by atoms with Gasteiger partial charge in [0.25, 0.3) is 12.0 Å². The topological polar surface area (TPSA) is 98.6 Å². The van der Waals surface area contributed by atoms with Crippen LogP contribution in [0.1, 0.15) is 42.9 Å². The lowest BCUT2D eigenvalue weighted by Crippen LogP contribution is -2.45. The van der Waals surface area contributed by atoms with Crippen LogP contribution in [0.15, 0.2) is 9.59 Å². The predicted molar refractivity (Wildman–Crippen MR) is 100 cm³/mol. The van der Waals surface area contributed by atoms with Gasteiger partial charge in [-0.2, -0.15) is 0 Å². The van der Waals surface area contributed by atoms with Crippen LogP contribution in [0, 0.1) is 18.7 Å². The van der Waals surface area contributed by atoms with Crippen LogP contribution in [-0.2, 0) is 0 Å². The standard InChI is InChI=1S/C19H22F3N3O4/c1-8-15-13(18(28)23-19(29)25(15)10-2-3-10)12(17(21)22)14(20)16(8)24-5-4-11(27)9(6-24)7-26/h9-11,17,26-27H,2-7H2,1H3,(H,23,28,29). The van der Waals surface area contributed by atoms with Crippen LogP contribution < -0.4 is 16.1 Å². The van der Waals surface area contributed by atoms with Crippen molar-refractivity contribution in [2.75, 3.05) is 24.6 Å². The van der Waals surface area contributed by atoms with Crippen molar-refractivity contribution < 1.29 is 23.4 Å². The molecule has 0 spiro atoms. The van der Waals surface area contributed by atoms with Crippen molar-refractivity contribution in [1.82, 2.24) is 9.55 Å². The highest BCUT2D eigenvalue weighted by Crippen LogP contribution is 2.42. The van der Waals surface area contributed by atoms with Gasteiger partial charge in [-0.05, 0) is 26.2 Å². The number of hydrogen-bond donors (Lipinski definition) is 3. The first-order chi connectivity index (χ1) is 13.8. The molecule has 2 aromatic rings. The number of H-pyrrole nitrogens is 1. The Kier molecular flexibility index (Phi) is 4.94. The monoisotopic (exact) mass is 413 g/mol. The Labute approximate surface area is 163 Å². The third-order valence-electron chi connectivity index (χ3n) is 5.94. The van der Waals surface area contributed by atoms with E-state index in [0.29, 0.717) is 12.8 Å². The van der Waals surface area contributed by atoms with Crippen molar-refractivity contribution >= 4 is 16.6 Å². The number of nitrogens with one attached hydrogen (secondary N) is 1. The number of anilines is 1. The highest BCUT2D eigenvalue weighted by molar-refractivity contribution is 5.90. The minimum Gasteiger partial charge on any atom is -0.396 e. The normalized spacial score (nSPS) is 22.7. The van der Waals surface area contributed by atoms with Crippen molar-refractivity contribution in [2.24, 2.45) is 5.92 Å². The summed E-state index contributed by atoms with van der Waals surface area (Å²) in [4.78, 5) is 28.4. The number of aromatic nitrogens is 2. The number of aliphatic hydroxyl groups is 2. The zero-order valence-corrected chi connectivity index (χ0v) is 15.8. The van der Waals surface area contributed by atoms with Gasteiger partial charge in [0.2, 0.25) is 0 Å². The summed E-state index contributed by atoms with van der Waals surface area (Å²) in [6.45, 7) is 1.44. The first-order valence-electron chi connectivity index (χ1n) is 9.58. The molecule has 2 unspecified atom stereocenters. The number of aromatic amines is 1. The summed E-state index contributed by atoms with van der Waals surface area (Å²) in [6.07, 6.45) is -2.47. The van der Waals surface area contributed by atoms with Crippen molar-refractivity contribution in [3.8, 4) is 0 Å². The Morgan fingerprint density at radius 1 is 1.24 bits per heavy atom. The number of piperidine rings is 1. The van der Waals surface area contributed by atoms with E-state index in [1.54, 1.807) is 0 Å². The van der Waals surface area contributed by atoms with Crippen LogP contribution >= 0.6 is 0 Å². The number of hydrogen-bond acceptors (Lipinski definition) is 5. The maximum absolute atomic E-state index is 15.4. The number of rotatable bonds is 4. The van der Waals surface area contributed by atoms with Gasteiger partial charge >= 0.3 is 5.69 Å². The van der Waals surface area contributed by atoms with E-state index in [1.165, 1.54) is 16.4 Å². The Bertz CT molecular complexity index is 1080. The van der Waals surface area contributed by atoms with Crippen molar-refractivity contribution in [2.45, 2.75) is 44.8 Å². The van der Waals surface area contributed by atoms with Gasteiger partial charge in [0.1, 0.15) is 0 Å². The summed E-state index contributed by atoms with van der Waals surface area (Å²) in [6, 6.07) is -0.224. The number of fused-ring (bicyclic) bond motifs is 1. The van der Waals surface area contributed by atoms with Gasteiger partial charge in [0.15, 0.2) is 5.82 Å². The number of nitrogens with zero attached hydrogens (tertiary/aromatic N) is 2. The fourth-order valence-electron chi connectivity index (χ4n) is 4.35. The van der Waals surface area contributed by atoms with E-state index >= 15 is 4.39 Å². The molecule has 158 valence electrons. The molecule has 1 aromatic carbocycles. The molecule has 2 fully saturated rings. The lowest BCUT2D eigenvalue weighted by Gasteiger charge is -2.38. The number of benzene rings is 1. The van der Waals surface area contributed by atoms with Gasteiger partial charge < -0.3 is 15.1 Å². The SMILES string of the molecule is Cc1c(N2CCC(O)C(CO)C2)c(F)c(C(F)F)c2c(=O)[nH]c(=O)n(C3CC3)c12. The molecule has 2 aliphatic rings. The van der Waals surface area contributed by atoms with Crippen molar-refractivity contribution in [3.63, 3.8) is 0 Å². The molecular weight excluding hydrogens is 391 g/mol. The molecule has 2 atom stereocenters. The van der Waals surface area contributed by atoms with Gasteiger partial charge in [-0.15, -0.1) is 0 Å². The summed E-state index contributed by atoms with van der Waals surface area (Å²) in [5, 5.41) is 19.0. The molecular formula is C19H22F3N3O4. The summed E-state index contributed by atoms with van der Waals surface area (Å²) in [5.41, 5.74) is -2.62. The minimum absolute atomic E-state index is 0.0274. The summed E-state index contributed by atoms with van der Waals surface area (Å²) >= 11 is 0. The van der Waals surface area contributed by atoms with E-state index in [2.05, 4.69) is 0 Å². The molecule has 29 heavy (non-hydrogen) atoms. The van der Waals surface area contributed by atoms with E-state index in [1.807, 2.05) is 4.98 Å². The number of aryl methyl sites for hydroxylation is 1. The highest BCUT2D eigenvalue weighted by atomic mass is 19.3. The van der Waals surface area contributed by atoms with Gasteiger partial charge in [-0.25, -0.2) is 18.0 Å². The quantitative estimate of drug-likeness (QED) is 0.707. The Morgan fingerprint density at radius 3 is 2.52 bits per heavy atom. The van der Waals surface area contributed by atoms with Crippen LogP contribution in [0.3, 0.4) is 0 Å². The molecule has 10 heteroatoms. The molecule has 0 radical (unpaired) electrons. The van der Waals surface area contributed by atoms with Crippen molar-refractivity contribution in [3.05, 3.63) is 37.8 Å². The van der Waals surface area contributed by atoms with E-state index in [9.17, 15) is 28.6 Å². The Morgan fingerprint density at radius 2 is 1.93 bits per heavy atom. The van der Waals surface area contributed by atoms with Crippen LogP contribution in [0.5, 0.6) is 0 Å². The molecule has 1 saturated heterocycles. The van der Waals surface area contributed by atoms with E-state index in [4.69, 9.17) is 0 Å². The van der Waals surface area contributed by atoms with E-state index < -0.39 is 46.5 Å². The van der Waals surface area contributed by atoms with E-state index in [0.717, 1.165) is 0 Å². The third kappa shape index (κ3) is 3.14. The molecule has 4 rings (SSSR count). The molecule has 0 bridgehead atoms. The maximum atomic E-state index is 15.4. The van der Waals surface area contributed by atoms with E-state index in [-0.39, 0.29) is 48.9 Å². The fourth-order valence-corrected chi connectivity index (χ4v) is 4.35. The molecule has 3 N–H and O–H groups in total. The van der Waals surface area contributed by atoms with Gasteiger partial charge in [0, 0.05) is 30.6 Å². The maximum Gasteiger partial charge on any atom is 0.329 e. The Hall–Kier alpha value is -2.33. The van der Waals surface area contributed by atoms with Gasteiger partial charge in [-0.3, -0.25) is 14.3 Å². The predicted octanol–water partition coefficient (Wildman–Crippen LogP) is 1.59. The molecule has 1 aliphatic carbocycles. The number of aliphatic hydroxyl groups excluding tert-OH is 2. The second-order valence-corrected chi connectivity index (χ2v) is 7.83. The second-order valence-electron chi connectivity index (χ2n) is 7.83. The average Bonchev–Trinajstić information content (AvgIpc) is 3.48. The second kappa shape index (κ2) is 7.17. The average molecular weight is 413 g/mol. The first kappa shape index (κ1) is 20.0. The zero-order valence-electron chi connectivity index (χ0n) is 15.8. The number of halogens is 3. The number of alkyl halides is 2. The highest BCUT2D eigenvalue weighted by Gasteiger charge is 2.36. The molecule has 2 heterocycles. The van der Waals surface area contributed by atoms with Gasteiger partial charge in [0.05, 0.1) is 34.9 Å². The van der Waals surface area contributed by atoms with Crippen molar-refractivity contribution in [1.29, 1.82) is 0 Å². The smallest absolute Gasteiger partial charge is 0.329 e. The third-order valence-corrected chi connectivity index (χ3v) is 5.94. The molecule has 1 aromatic heterocycles. The molecule has 7 nitrogen and oxygen atoms in total. The zero-order chi connectivity index (χ0) is 21.0. The Balaban J connectivity index is 2.05. The summed E-state index contributed by atoms with van der Waals surface area (Å²) in [7, 11) is 0. The van der Waals surface area contributed by atoms with Crippen LogP contribution in [0.4, 0.5) is 18.9 Å². The van der Waals surface area contributed by atoms with Gasteiger partial charge in [-0.1, -0.05) is 0 Å². The summed E-state index contributed by atoms with van der Waals surface area (Å²) in [5.74, 6) is -1.76. The fraction of sp³-hybridized carbons (Fsp3) is 0.579. The lowest BCUT2D eigenvalue weighted by molar-refractivity contribution is 0.0523. The summed E-state index contributed by atoms with van der Waals surface area (Å²) < 4.78 is 44.4.